The fourth-order valence-electron chi connectivity index (χ4n) is 1.94. The van der Waals surface area contributed by atoms with E-state index in [0.29, 0.717) is 18.4 Å². The number of hydrogen-bond acceptors (Lipinski definition) is 4. The molecule has 4 heteroatoms. The summed E-state index contributed by atoms with van der Waals surface area (Å²) in [6, 6.07) is 6.11. The van der Waals surface area contributed by atoms with Crippen LogP contribution in [0.25, 0.3) is 11.5 Å². The fraction of sp³-hybridized carbons (Fsp3) is 0.400. The Morgan fingerprint density at radius 2 is 2.16 bits per heavy atom. The summed E-state index contributed by atoms with van der Waals surface area (Å²) in [6.07, 6.45) is 2.37. The molecule has 1 aromatic heterocycles. The Labute approximate surface area is 113 Å². The SMILES string of the molecule is COc1cc(C(C)C)ccc1-c1nc(CCN)co1. The third kappa shape index (κ3) is 2.96. The molecule has 4 nitrogen and oxygen atoms in total. The van der Waals surface area contributed by atoms with Crippen LogP contribution in [0.2, 0.25) is 0 Å². The second-order valence-corrected chi connectivity index (χ2v) is 4.80. The van der Waals surface area contributed by atoms with E-state index in [9.17, 15) is 0 Å². The van der Waals surface area contributed by atoms with E-state index >= 15 is 0 Å². The van der Waals surface area contributed by atoms with E-state index in [0.717, 1.165) is 23.4 Å². The van der Waals surface area contributed by atoms with Crippen LogP contribution in [0.15, 0.2) is 28.9 Å². The summed E-state index contributed by atoms with van der Waals surface area (Å²) in [5.74, 6) is 1.82. The zero-order valence-electron chi connectivity index (χ0n) is 11.6. The number of nitrogens with two attached hydrogens (primary N) is 1. The van der Waals surface area contributed by atoms with Crippen molar-refractivity contribution in [1.29, 1.82) is 0 Å². The minimum Gasteiger partial charge on any atom is -0.496 e. The van der Waals surface area contributed by atoms with Crippen molar-refractivity contribution in [3.8, 4) is 17.2 Å². The van der Waals surface area contributed by atoms with Gasteiger partial charge in [-0.15, -0.1) is 0 Å². The summed E-state index contributed by atoms with van der Waals surface area (Å²) in [5.41, 5.74) is 8.48. The van der Waals surface area contributed by atoms with Gasteiger partial charge >= 0.3 is 0 Å². The van der Waals surface area contributed by atoms with Gasteiger partial charge in [0, 0.05) is 6.42 Å². The topological polar surface area (TPSA) is 61.3 Å². The Balaban J connectivity index is 2.37. The van der Waals surface area contributed by atoms with Crippen molar-refractivity contribution in [1.82, 2.24) is 4.98 Å². The number of hydrogen-bond donors (Lipinski definition) is 1. The molecule has 1 aromatic carbocycles. The monoisotopic (exact) mass is 260 g/mol. The van der Waals surface area contributed by atoms with Crippen LogP contribution < -0.4 is 10.5 Å². The molecule has 2 rings (SSSR count). The van der Waals surface area contributed by atoms with Crippen molar-refractivity contribution in [2.45, 2.75) is 26.2 Å². The van der Waals surface area contributed by atoms with E-state index < -0.39 is 0 Å². The maximum absolute atomic E-state index is 5.51. The van der Waals surface area contributed by atoms with Gasteiger partial charge in [0.1, 0.15) is 12.0 Å². The van der Waals surface area contributed by atoms with Gasteiger partial charge in [-0.2, -0.15) is 0 Å². The number of nitrogens with zero attached hydrogens (tertiary/aromatic N) is 1. The fourth-order valence-corrected chi connectivity index (χ4v) is 1.94. The third-order valence-electron chi connectivity index (χ3n) is 3.07. The van der Waals surface area contributed by atoms with Crippen molar-refractivity contribution < 1.29 is 9.15 Å². The molecule has 0 aliphatic carbocycles. The summed E-state index contributed by atoms with van der Waals surface area (Å²) in [7, 11) is 1.66. The highest BCUT2D eigenvalue weighted by Gasteiger charge is 2.13. The predicted molar refractivity (Wildman–Crippen MR) is 75.3 cm³/mol. The molecule has 102 valence electrons. The van der Waals surface area contributed by atoms with Gasteiger partial charge in [0.05, 0.1) is 18.4 Å². The van der Waals surface area contributed by atoms with Crippen LogP contribution >= 0.6 is 0 Å². The molecule has 0 aliphatic rings. The van der Waals surface area contributed by atoms with Gasteiger partial charge in [-0.3, -0.25) is 0 Å². The van der Waals surface area contributed by atoms with Crippen LogP contribution in [-0.4, -0.2) is 18.6 Å². The highest BCUT2D eigenvalue weighted by atomic mass is 16.5. The summed E-state index contributed by atoms with van der Waals surface area (Å²) < 4.78 is 10.9. The normalized spacial score (nSPS) is 11.0. The van der Waals surface area contributed by atoms with E-state index in [-0.39, 0.29) is 0 Å². The molecule has 2 N–H and O–H groups in total. The molecule has 0 amide bonds. The number of oxazole rings is 1. The lowest BCUT2D eigenvalue weighted by Gasteiger charge is -2.10. The molecule has 0 saturated heterocycles. The Morgan fingerprint density at radius 3 is 2.79 bits per heavy atom. The molecule has 0 aliphatic heterocycles. The molecule has 0 saturated carbocycles. The summed E-state index contributed by atoms with van der Waals surface area (Å²) in [4.78, 5) is 4.43. The number of benzene rings is 1. The predicted octanol–water partition coefficient (Wildman–Crippen LogP) is 2.97. The van der Waals surface area contributed by atoms with Gasteiger partial charge in [-0.1, -0.05) is 19.9 Å². The smallest absolute Gasteiger partial charge is 0.229 e. The van der Waals surface area contributed by atoms with Crippen LogP contribution in [0.5, 0.6) is 5.75 Å². The quantitative estimate of drug-likeness (QED) is 0.897. The van der Waals surface area contributed by atoms with Gasteiger partial charge < -0.3 is 14.9 Å². The lowest BCUT2D eigenvalue weighted by atomic mass is 10.0. The van der Waals surface area contributed by atoms with Gasteiger partial charge in [0.2, 0.25) is 5.89 Å². The number of aromatic nitrogens is 1. The van der Waals surface area contributed by atoms with Gasteiger partial charge in [0.25, 0.3) is 0 Å². The molecule has 19 heavy (non-hydrogen) atoms. The van der Waals surface area contributed by atoms with Gasteiger partial charge in [0.15, 0.2) is 0 Å². The molecule has 0 bridgehead atoms. The number of methoxy groups -OCH3 is 1. The molecule has 0 spiro atoms. The van der Waals surface area contributed by atoms with Crippen LogP contribution in [0.4, 0.5) is 0 Å². The first kappa shape index (κ1) is 13.6. The largest absolute Gasteiger partial charge is 0.496 e. The Bertz CT molecular complexity index is 547. The van der Waals surface area contributed by atoms with E-state index in [2.05, 4.69) is 24.9 Å². The van der Waals surface area contributed by atoms with Crippen LogP contribution in [0.1, 0.15) is 31.0 Å². The first-order valence-corrected chi connectivity index (χ1v) is 6.48. The standard InChI is InChI=1S/C15H20N2O2/c1-10(2)11-4-5-13(14(8-11)18-3)15-17-12(6-7-16)9-19-15/h4-5,8-10H,6-7,16H2,1-3H3. The van der Waals surface area contributed by atoms with E-state index in [1.54, 1.807) is 13.4 Å². The average Bonchev–Trinajstić information content (AvgIpc) is 2.86. The maximum Gasteiger partial charge on any atom is 0.229 e. The highest BCUT2D eigenvalue weighted by molar-refractivity contribution is 5.64. The van der Waals surface area contributed by atoms with E-state index in [1.807, 2.05) is 12.1 Å². The second kappa shape index (κ2) is 5.89. The summed E-state index contributed by atoms with van der Waals surface area (Å²) in [6.45, 7) is 4.87. The molecular formula is C15H20N2O2. The lowest BCUT2D eigenvalue weighted by Crippen LogP contribution is -2.02. The maximum atomic E-state index is 5.51. The van der Waals surface area contributed by atoms with E-state index in [1.165, 1.54) is 5.56 Å². The number of ether oxygens (including phenoxy) is 1. The van der Waals surface area contributed by atoms with Crippen LogP contribution in [-0.2, 0) is 6.42 Å². The number of rotatable bonds is 5. The second-order valence-electron chi connectivity index (χ2n) is 4.80. The minimum atomic E-state index is 0.459. The van der Waals surface area contributed by atoms with Crippen molar-refractivity contribution in [3.63, 3.8) is 0 Å². The molecule has 1 heterocycles. The molecule has 0 radical (unpaired) electrons. The lowest BCUT2D eigenvalue weighted by molar-refractivity contribution is 0.413. The summed E-state index contributed by atoms with van der Waals surface area (Å²) >= 11 is 0. The Hall–Kier alpha value is -1.81. The Morgan fingerprint density at radius 1 is 1.37 bits per heavy atom. The van der Waals surface area contributed by atoms with Gasteiger partial charge in [-0.05, 0) is 30.2 Å². The molecular weight excluding hydrogens is 240 g/mol. The molecule has 0 atom stereocenters. The van der Waals surface area contributed by atoms with Crippen molar-refractivity contribution in [3.05, 3.63) is 35.7 Å². The van der Waals surface area contributed by atoms with Gasteiger partial charge in [-0.25, -0.2) is 4.98 Å². The molecule has 2 aromatic rings. The zero-order valence-corrected chi connectivity index (χ0v) is 11.6. The first-order chi connectivity index (χ1) is 9.15. The Kier molecular flexibility index (Phi) is 4.22. The highest BCUT2D eigenvalue weighted by Crippen LogP contribution is 2.32. The minimum absolute atomic E-state index is 0.459. The van der Waals surface area contributed by atoms with E-state index in [4.69, 9.17) is 14.9 Å². The van der Waals surface area contributed by atoms with Crippen molar-refractivity contribution >= 4 is 0 Å². The van der Waals surface area contributed by atoms with Crippen LogP contribution in [0.3, 0.4) is 0 Å². The third-order valence-corrected chi connectivity index (χ3v) is 3.07. The van der Waals surface area contributed by atoms with Crippen molar-refractivity contribution in [2.75, 3.05) is 13.7 Å². The first-order valence-electron chi connectivity index (χ1n) is 6.48. The summed E-state index contributed by atoms with van der Waals surface area (Å²) in [5, 5.41) is 0. The molecule has 0 fully saturated rings. The van der Waals surface area contributed by atoms with Crippen molar-refractivity contribution in [2.24, 2.45) is 5.73 Å². The molecule has 0 unspecified atom stereocenters. The average molecular weight is 260 g/mol. The van der Waals surface area contributed by atoms with Crippen LogP contribution in [0, 0.1) is 0 Å². The zero-order chi connectivity index (χ0) is 13.8.